The lowest BCUT2D eigenvalue weighted by Gasteiger charge is -2.19. The van der Waals surface area contributed by atoms with Crippen LogP contribution in [0.1, 0.15) is 30.9 Å². The first-order valence-corrected chi connectivity index (χ1v) is 10.4. The Balaban J connectivity index is 2.14. The van der Waals surface area contributed by atoms with E-state index in [1.54, 1.807) is 19.1 Å². The molecule has 0 radical (unpaired) electrons. The van der Waals surface area contributed by atoms with Crippen molar-refractivity contribution in [3.05, 3.63) is 39.7 Å². The Hall–Kier alpha value is -2.48. The number of ether oxygens (including phenoxy) is 1. The van der Waals surface area contributed by atoms with Crippen molar-refractivity contribution in [3.8, 4) is 5.75 Å². The van der Waals surface area contributed by atoms with E-state index in [1.165, 1.54) is 17.8 Å². The minimum Gasteiger partial charge on any atom is -0.548 e. The minimum atomic E-state index is -1.32. The first-order valence-electron chi connectivity index (χ1n) is 9.05. The van der Waals surface area contributed by atoms with Crippen LogP contribution in [0.15, 0.2) is 27.4 Å². The molecule has 1 aromatic carbocycles. The maximum absolute atomic E-state index is 12.1. The smallest absolute Gasteiger partial charge is 0.336 e. The first kappa shape index (κ1) is 21.8. The zero-order valence-corrected chi connectivity index (χ0v) is 17.0. The lowest BCUT2D eigenvalue weighted by molar-refractivity contribution is -0.308. The van der Waals surface area contributed by atoms with Crippen LogP contribution < -0.4 is 20.8 Å². The molecule has 1 aromatic heterocycles. The summed E-state index contributed by atoms with van der Waals surface area (Å²) < 4.78 is 10.9. The highest BCUT2D eigenvalue weighted by molar-refractivity contribution is 7.98. The zero-order valence-electron chi connectivity index (χ0n) is 16.2. The second-order valence-corrected chi connectivity index (χ2v) is 7.40. The minimum absolute atomic E-state index is 0.273. The Morgan fingerprint density at radius 3 is 2.75 bits per heavy atom. The number of thioether (sulfide) groups is 1. The van der Waals surface area contributed by atoms with E-state index in [0.29, 0.717) is 22.6 Å². The van der Waals surface area contributed by atoms with Gasteiger partial charge in [0.2, 0.25) is 0 Å². The third-order valence-electron chi connectivity index (χ3n) is 4.31. The van der Waals surface area contributed by atoms with E-state index in [1.807, 2.05) is 13.2 Å². The van der Waals surface area contributed by atoms with Crippen molar-refractivity contribution in [3.63, 3.8) is 0 Å². The summed E-state index contributed by atoms with van der Waals surface area (Å²) in [6.45, 7) is 3.42. The first-order chi connectivity index (χ1) is 13.4. The molecule has 0 unspecified atom stereocenters. The number of hydrogen-bond donors (Lipinski definition) is 1. The van der Waals surface area contributed by atoms with E-state index in [9.17, 15) is 19.5 Å². The molecule has 1 amide bonds. The van der Waals surface area contributed by atoms with Gasteiger partial charge in [0.1, 0.15) is 11.3 Å². The average molecular weight is 406 g/mol. The standard InChI is InChI=1S/C20H25NO6S/c1-4-5-13-10-18(23)27-19-12(2)16(7-6-14(13)19)26-11-17(22)21-15(20(24)25)8-9-28-3/h6-7,10,15H,4-5,8-9,11H2,1-3H3,(H,21,22)(H,24,25)/p-1/t15-/m0/s1. The van der Waals surface area contributed by atoms with Gasteiger partial charge in [-0.2, -0.15) is 11.8 Å². The van der Waals surface area contributed by atoms with Gasteiger partial charge in [0, 0.05) is 17.0 Å². The fourth-order valence-corrected chi connectivity index (χ4v) is 3.38. The normalized spacial score (nSPS) is 12.0. The topological polar surface area (TPSA) is 109 Å². The fraction of sp³-hybridized carbons (Fsp3) is 0.450. The number of carbonyl (C=O) groups excluding carboxylic acids is 2. The lowest BCUT2D eigenvalue weighted by Crippen LogP contribution is -2.49. The molecule has 7 nitrogen and oxygen atoms in total. The van der Waals surface area contributed by atoms with Gasteiger partial charge in [-0.05, 0) is 49.5 Å². The number of hydrogen-bond acceptors (Lipinski definition) is 7. The van der Waals surface area contributed by atoms with Crippen molar-refractivity contribution in [2.75, 3.05) is 18.6 Å². The molecule has 0 bridgehead atoms. The predicted octanol–water partition coefficient (Wildman–Crippen LogP) is 1.42. The monoisotopic (exact) mass is 406 g/mol. The lowest BCUT2D eigenvalue weighted by atomic mass is 10.0. The predicted molar refractivity (Wildman–Crippen MR) is 107 cm³/mol. The Bertz CT molecular complexity index is 907. The highest BCUT2D eigenvalue weighted by Crippen LogP contribution is 2.28. The maximum atomic E-state index is 12.1. The van der Waals surface area contributed by atoms with Gasteiger partial charge >= 0.3 is 5.63 Å². The number of carboxylic acids is 1. The largest absolute Gasteiger partial charge is 0.548 e. The molecule has 0 fully saturated rings. The number of rotatable bonds is 10. The number of carbonyl (C=O) groups is 2. The van der Waals surface area contributed by atoms with Crippen LogP contribution >= 0.6 is 11.8 Å². The van der Waals surface area contributed by atoms with Crippen LogP contribution in [0.25, 0.3) is 11.0 Å². The summed E-state index contributed by atoms with van der Waals surface area (Å²) in [5.41, 5.74) is 1.52. The Labute approximate surface area is 167 Å². The molecule has 0 spiro atoms. The van der Waals surface area contributed by atoms with Gasteiger partial charge in [0.05, 0.1) is 12.0 Å². The van der Waals surface area contributed by atoms with Crippen LogP contribution in [0, 0.1) is 6.92 Å². The van der Waals surface area contributed by atoms with Gasteiger partial charge in [-0.15, -0.1) is 0 Å². The average Bonchev–Trinajstić information content (AvgIpc) is 2.65. The van der Waals surface area contributed by atoms with Crippen LogP contribution in [-0.2, 0) is 16.0 Å². The molecule has 152 valence electrons. The van der Waals surface area contributed by atoms with Crippen molar-refractivity contribution in [2.24, 2.45) is 0 Å². The van der Waals surface area contributed by atoms with Gasteiger partial charge in [-0.25, -0.2) is 4.79 Å². The SMILES string of the molecule is CCCc1cc(=O)oc2c(C)c(OCC(=O)N[C@@H](CCSC)C(=O)[O-])ccc12. The van der Waals surface area contributed by atoms with E-state index < -0.39 is 23.5 Å². The Kier molecular flexibility index (Phi) is 7.92. The molecule has 1 atom stereocenters. The fourth-order valence-electron chi connectivity index (χ4n) is 2.90. The molecular weight excluding hydrogens is 382 g/mol. The summed E-state index contributed by atoms with van der Waals surface area (Å²) in [6, 6.07) is 3.95. The van der Waals surface area contributed by atoms with E-state index in [-0.39, 0.29) is 13.0 Å². The summed E-state index contributed by atoms with van der Waals surface area (Å²) >= 11 is 1.48. The summed E-state index contributed by atoms with van der Waals surface area (Å²) in [6.07, 6.45) is 3.77. The van der Waals surface area contributed by atoms with Crippen LogP contribution in [0.5, 0.6) is 5.75 Å². The highest BCUT2D eigenvalue weighted by atomic mass is 32.2. The Morgan fingerprint density at radius 1 is 1.36 bits per heavy atom. The zero-order chi connectivity index (χ0) is 20.7. The van der Waals surface area contributed by atoms with E-state index in [0.717, 1.165) is 23.8 Å². The number of benzene rings is 1. The second-order valence-electron chi connectivity index (χ2n) is 6.42. The molecule has 0 aliphatic rings. The van der Waals surface area contributed by atoms with Crippen LogP contribution in [-0.4, -0.2) is 36.5 Å². The third kappa shape index (κ3) is 5.51. The summed E-state index contributed by atoms with van der Waals surface area (Å²) in [7, 11) is 0. The summed E-state index contributed by atoms with van der Waals surface area (Å²) in [5.74, 6) is -0.901. The van der Waals surface area contributed by atoms with Crippen molar-refractivity contribution in [1.82, 2.24) is 5.32 Å². The highest BCUT2D eigenvalue weighted by Gasteiger charge is 2.16. The third-order valence-corrected chi connectivity index (χ3v) is 4.95. The molecule has 1 N–H and O–H groups in total. The van der Waals surface area contributed by atoms with E-state index >= 15 is 0 Å². The van der Waals surface area contributed by atoms with Gasteiger partial charge in [-0.3, -0.25) is 4.79 Å². The molecular formula is C20H24NO6S-. The molecule has 0 aliphatic carbocycles. The molecule has 0 saturated heterocycles. The number of nitrogens with one attached hydrogen (secondary N) is 1. The van der Waals surface area contributed by atoms with Crippen molar-refractivity contribution >= 4 is 34.6 Å². The van der Waals surface area contributed by atoms with Gasteiger partial charge in [-0.1, -0.05) is 13.3 Å². The molecule has 1 heterocycles. The number of aryl methyl sites for hydroxylation is 2. The van der Waals surface area contributed by atoms with Crippen LogP contribution in [0.2, 0.25) is 0 Å². The molecule has 2 rings (SSSR count). The molecule has 0 aliphatic heterocycles. The quantitative estimate of drug-likeness (QED) is 0.594. The van der Waals surface area contributed by atoms with E-state index in [2.05, 4.69) is 5.32 Å². The number of carboxylic acid groups (broad SMARTS) is 1. The Morgan fingerprint density at radius 2 is 2.11 bits per heavy atom. The maximum Gasteiger partial charge on any atom is 0.336 e. The molecule has 28 heavy (non-hydrogen) atoms. The molecule has 2 aromatic rings. The summed E-state index contributed by atoms with van der Waals surface area (Å²) in [5, 5.41) is 14.4. The van der Waals surface area contributed by atoms with Gasteiger partial charge < -0.3 is 24.4 Å². The number of aliphatic carboxylic acids is 1. The van der Waals surface area contributed by atoms with Crippen LogP contribution in [0.4, 0.5) is 0 Å². The molecule has 0 saturated carbocycles. The molecule has 8 heteroatoms. The number of amides is 1. The van der Waals surface area contributed by atoms with Crippen molar-refractivity contribution in [2.45, 2.75) is 39.2 Å². The van der Waals surface area contributed by atoms with Crippen molar-refractivity contribution < 1.29 is 23.8 Å². The summed E-state index contributed by atoms with van der Waals surface area (Å²) in [4.78, 5) is 35.0. The van der Waals surface area contributed by atoms with Gasteiger partial charge in [0.15, 0.2) is 6.61 Å². The van der Waals surface area contributed by atoms with Gasteiger partial charge in [0.25, 0.3) is 5.91 Å². The van der Waals surface area contributed by atoms with Crippen LogP contribution in [0.3, 0.4) is 0 Å². The van der Waals surface area contributed by atoms with Crippen molar-refractivity contribution in [1.29, 1.82) is 0 Å². The van der Waals surface area contributed by atoms with E-state index in [4.69, 9.17) is 9.15 Å². The second kappa shape index (κ2) is 10.2. The number of fused-ring (bicyclic) bond motifs is 1.